The van der Waals surface area contributed by atoms with E-state index in [0.29, 0.717) is 11.8 Å². The van der Waals surface area contributed by atoms with Gasteiger partial charge in [0.05, 0.1) is 6.04 Å². The molecule has 0 bridgehead atoms. The maximum absolute atomic E-state index is 11.9. The van der Waals surface area contributed by atoms with Gasteiger partial charge in [-0.3, -0.25) is 4.79 Å². The lowest BCUT2D eigenvalue weighted by Gasteiger charge is -2.24. The van der Waals surface area contributed by atoms with Crippen LogP contribution < -0.4 is 5.32 Å². The van der Waals surface area contributed by atoms with Crippen LogP contribution >= 0.6 is 0 Å². The third kappa shape index (κ3) is 2.23. The molecule has 4 heteroatoms. The number of carbonyl (C=O) groups excluding carboxylic acids is 1. The van der Waals surface area contributed by atoms with Gasteiger partial charge in [-0.2, -0.15) is 0 Å². The number of nitrogens with one attached hydrogen (secondary N) is 1. The molecule has 92 valence electrons. The number of aliphatic hydroxyl groups is 1. The van der Waals surface area contributed by atoms with Crippen molar-refractivity contribution in [1.29, 1.82) is 0 Å². The van der Waals surface area contributed by atoms with Gasteiger partial charge in [0.2, 0.25) is 5.91 Å². The molecule has 4 nitrogen and oxygen atoms in total. The molecule has 3 atom stereocenters. The van der Waals surface area contributed by atoms with Gasteiger partial charge in [0.25, 0.3) is 0 Å². The van der Waals surface area contributed by atoms with Crippen LogP contribution in [0.5, 0.6) is 0 Å². The van der Waals surface area contributed by atoms with E-state index in [0.717, 1.165) is 25.9 Å². The lowest BCUT2D eigenvalue weighted by molar-refractivity contribution is -0.130. The van der Waals surface area contributed by atoms with E-state index in [1.54, 1.807) is 0 Å². The minimum Gasteiger partial charge on any atom is -0.396 e. The van der Waals surface area contributed by atoms with Crippen molar-refractivity contribution < 1.29 is 9.90 Å². The monoisotopic (exact) mass is 226 g/mol. The summed E-state index contributed by atoms with van der Waals surface area (Å²) in [5.74, 6) is 1.18. The molecular formula is C12H22N2O2. The van der Waals surface area contributed by atoms with Crippen LogP contribution in [0, 0.1) is 11.8 Å². The van der Waals surface area contributed by atoms with E-state index in [1.807, 2.05) is 11.9 Å². The predicted molar refractivity (Wildman–Crippen MR) is 62.0 cm³/mol. The third-order valence-corrected chi connectivity index (χ3v) is 4.15. The zero-order valence-electron chi connectivity index (χ0n) is 9.98. The molecule has 1 amide bonds. The number of nitrogens with zero attached hydrogens (tertiary/aromatic N) is 1. The Morgan fingerprint density at radius 3 is 2.75 bits per heavy atom. The summed E-state index contributed by atoms with van der Waals surface area (Å²) in [5.41, 5.74) is 0. The summed E-state index contributed by atoms with van der Waals surface area (Å²) >= 11 is 0. The SMILES string of the molecule is CNC1CCN(CC2CCCC2CO)C1=O. The normalized spacial score (nSPS) is 35.0. The van der Waals surface area contributed by atoms with Crippen molar-refractivity contribution in [2.24, 2.45) is 11.8 Å². The lowest BCUT2D eigenvalue weighted by atomic mass is 9.96. The van der Waals surface area contributed by atoms with Crippen LogP contribution in [0.15, 0.2) is 0 Å². The number of aliphatic hydroxyl groups excluding tert-OH is 1. The van der Waals surface area contributed by atoms with Crippen LogP contribution in [0.4, 0.5) is 0 Å². The fourth-order valence-electron chi connectivity index (χ4n) is 3.07. The Bertz CT molecular complexity index is 257. The fourth-order valence-corrected chi connectivity index (χ4v) is 3.07. The predicted octanol–water partition coefficient (Wildman–Crippen LogP) is 0.215. The van der Waals surface area contributed by atoms with Gasteiger partial charge >= 0.3 is 0 Å². The highest BCUT2D eigenvalue weighted by Gasteiger charge is 2.35. The molecule has 0 aromatic rings. The average Bonchev–Trinajstić information content (AvgIpc) is 2.87. The maximum atomic E-state index is 11.9. The number of likely N-dealkylation sites (tertiary alicyclic amines) is 1. The fraction of sp³-hybridized carbons (Fsp3) is 0.917. The van der Waals surface area contributed by atoms with E-state index in [-0.39, 0.29) is 18.6 Å². The van der Waals surface area contributed by atoms with Crippen LogP contribution in [0.1, 0.15) is 25.7 Å². The second kappa shape index (κ2) is 5.15. The zero-order valence-corrected chi connectivity index (χ0v) is 9.98. The highest BCUT2D eigenvalue weighted by atomic mass is 16.3. The minimum atomic E-state index is 0.0222. The third-order valence-electron chi connectivity index (χ3n) is 4.15. The molecule has 1 aliphatic carbocycles. The summed E-state index contributed by atoms with van der Waals surface area (Å²) in [6.07, 6.45) is 4.41. The van der Waals surface area contributed by atoms with Gasteiger partial charge < -0.3 is 15.3 Å². The Balaban J connectivity index is 1.88. The molecule has 16 heavy (non-hydrogen) atoms. The number of hydrogen-bond donors (Lipinski definition) is 2. The number of amides is 1. The van der Waals surface area contributed by atoms with E-state index in [4.69, 9.17) is 0 Å². The first-order valence-electron chi connectivity index (χ1n) is 6.33. The Hall–Kier alpha value is -0.610. The van der Waals surface area contributed by atoms with Gasteiger partial charge in [0.15, 0.2) is 0 Å². The van der Waals surface area contributed by atoms with Gasteiger partial charge in [-0.05, 0) is 38.1 Å². The molecule has 1 saturated carbocycles. The van der Waals surface area contributed by atoms with Gasteiger partial charge in [-0.1, -0.05) is 6.42 Å². The van der Waals surface area contributed by atoms with Crippen LogP contribution in [0.25, 0.3) is 0 Å². The minimum absolute atomic E-state index is 0.0222. The molecule has 2 rings (SSSR count). The maximum Gasteiger partial charge on any atom is 0.239 e. The molecule has 0 aromatic heterocycles. The molecule has 2 N–H and O–H groups in total. The van der Waals surface area contributed by atoms with E-state index >= 15 is 0 Å². The van der Waals surface area contributed by atoms with Crippen LogP contribution in [-0.2, 0) is 4.79 Å². The topological polar surface area (TPSA) is 52.6 Å². The summed E-state index contributed by atoms with van der Waals surface area (Å²) in [6, 6.07) is 0.0222. The molecule has 3 unspecified atom stereocenters. The highest BCUT2D eigenvalue weighted by Crippen LogP contribution is 2.32. The molecule has 1 aliphatic heterocycles. The van der Waals surface area contributed by atoms with Gasteiger partial charge in [-0.15, -0.1) is 0 Å². The van der Waals surface area contributed by atoms with Crippen molar-refractivity contribution in [3.63, 3.8) is 0 Å². The van der Waals surface area contributed by atoms with E-state index in [1.165, 1.54) is 12.8 Å². The van der Waals surface area contributed by atoms with E-state index in [9.17, 15) is 9.90 Å². The number of rotatable bonds is 4. The zero-order chi connectivity index (χ0) is 11.5. The molecular weight excluding hydrogens is 204 g/mol. The van der Waals surface area contributed by atoms with Crippen molar-refractivity contribution in [2.45, 2.75) is 31.7 Å². The van der Waals surface area contributed by atoms with Crippen molar-refractivity contribution in [1.82, 2.24) is 10.2 Å². The Morgan fingerprint density at radius 1 is 1.38 bits per heavy atom. The molecule has 1 heterocycles. The summed E-state index contributed by atoms with van der Waals surface area (Å²) in [7, 11) is 1.85. The standard InChI is InChI=1S/C12H22N2O2/c1-13-11-5-6-14(12(11)16)7-9-3-2-4-10(9)8-15/h9-11,13,15H,2-8H2,1H3. The molecule has 2 fully saturated rings. The number of hydrogen-bond acceptors (Lipinski definition) is 3. The number of likely N-dealkylation sites (N-methyl/N-ethyl adjacent to an activating group) is 1. The average molecular weight is 226 g/mol. The van der Waals surface area contributed by atoms with Gasteiger partial charge in [0.1, 0.15) is 0 Å². The van der Waals surface area contributed by atoms with E-state index in [2.05, 4.69) is 5.32 Å². The lowest BCUT2D eigenvalue weighted by Crippen LogP contribution is -2.39. The second-order valence-electron chi connectivity index (χ2n) is 5.05. The molecule has 0 spiro atoms. The smallest absolute Gasteiger partial charge is 0.239 e. The van der Waals surface area contributed by atoms with Crippen molar-refractivity contribution in [3.8, 4) is 0 Å². The van der Waals surface area contributed by atoms with E-state index < -0.39 is 0 Å². The Morgan fingerprint density at radius 2 is 2.12 bits per heavy atom. The van der Waals surface area contributed by atoms with Crippen LogP contribution in [0.2, 0.25) is 0 Å². The summed E-state index contributed by atoms with van der Waals surface area (Å²) in [5, 5.41) is 12.3. The first kappa shape index (κ1) is 11.9. The first-order chi connectivity index (χ1) is 7.76. The quantitative estimate of drug-likeness (QED) is 0.721. The summed E-state index contributed by atoms with van der Waals surface area (Å²) in [6.45, 7) is 2.00. The highest BCUT2D eigenvalue weighted by molar-refractivity contribution is 5.83. The van der Waals surface area contributed by atoms with Crippen molar-refractivity contribution in [3.05, 3.63) is 0 Å². The van der Waals surface area contributed by atoms with Crippen molar-refractivity contribution >= 4 is 5.91 Å². The molecule has 2 aliphatic rings. The van der Waals surface area contributed by atoms with Crippen LogP contribution in [0.3, 0.4) is 0 Å². The van der Waals surface area contributed by atoms with Crippen LogP contribution in [-0.4, -0.2) is 48.7 Å². The second-order valence-corrected chi connectivity index (χ2v) is 5.05. The largest absolute Gasteiger partial charge is 0.396 e. The van der Waals surface area contributed by atoms with Crippen molar-refractivity contribution in [2.75, 3.05) is 26.7 Å². The summed E-state index contributed by atoms with van der Waals surface area (Å²) < 4.78 is 0. The Kier molecular flexibility index (Phi) is 3.82. The molecule has 0 radical (unpaired) electrons. The summed E-state index contributed by atoms with van der Waals surface area (Å²) in [4.78, 5) is 13.9. The number of carbonyl (C=O) groups is 1. The Labute approximate surface area is 97.0 Å². The van der Waals surface area contributed by atoms with Gasteiger partial charge in [-0.25, -0.2) is 0 Å². The van der Waals surface area contributed by atoms with Gasteiger partial charge in [0, 0.05) is 19.7 Å². The molecule has 0 aromatic carbocycles. The first-order valence-corrected chi connectivity index (χ1v) is 6.33. The molecule has 1 saturated heterocycles.